The van der Waals surface area contributed by atoms with Crippen LogP contribution in [0, 0.1) is 0 Å². The lowest BCUT2D eigenvalue weighted by molar-refractivity contribution is -0.133. The number of rotatable bonds is 4. The lowest BCUT2D eigenvalue weighted by Crippen LogP contribution is -2.45. The summed E-state index contributed by atoms with van der Waals surface area (Å²) in [6.45, 7) is 1.51. The van der Waals surface area contributed by atoms with Gasteiger partial charge in [-0.05, 0) is 30.5 Å². The van der Waals surface area contributed by atoms with Crippen LogP contribution in [0.5, 0.6) is 5.75 Å². The molecule has 3 nitrogen and oxygen atoms in total. The van der Waals surface area contributed by atoms with Gasteiger partial charge in [0.2, 0.25) is 5.91 Å². The molecule has 1 aliphatic heterocycles. The molecule has 2 aromatic rings. The number of likely N-dealkylation sites (tertiary alicyclic amines) is 1. The van der Waals surface area contributed by atoms with Gasteiger partial charge in [0.25, 0.3) is 0 Å². The van der Waals surface area contributed by atoms with E-state index in [1.54, 1.807) is 0 Å². The number of para-hydroxylation sites is 1. The van der Waals surface area contributed by atoms with Gasteiger partial charge in [0.15, 0.2) is 0 Å². The Morgan fingerprint density at radius 3 is 2.45 bits per heavy atom. The predicted molar refractivity (Wildman–Crippen MR) is 86.8 cm³/mol. The van der Waals surface area contributed by atoms with Crippen LogP contribution >= 0.6 is 0 Å². The van der Waals surface area contributed by atoms with E-state index in [0.717, 1.165) is 30.7 Å². The third-order valence-corrected chi connectivity index (χ3v) is 3.97. The Labute approximate surface area is 131 Å². The first-order chi connectivity index (χ1) is 10.8. The summed E-state index contributed by atoms with van der Waals surface area (Å²) in [5.74, 6) is 1.07. The van der Waals surface area contributed by atoms with E-state index in [2.05, 4.69) is 0 Å². The molecule has 3 rings (SSSR count). The Hall–Kier alpha value is -2.29. The maximum absolute atomic E-state index is 12.4. The fourth-order valence-corrected chi connectivity index (χ4v) is 2.83. The molecule has 1 amide bonds. The molecule has 1 fully saturated rings. The van der Waals surface area contributed by atoms with Crippen molar-refractivity contribution in [2.75, 3.05) is 13.1 Å². The number of piperidine rings is 1. The maximum Gasteiger partial charge on any atom is 0.227 e. The van der Waals surface area contributed by atoms with E-state index in [1.807, 2.05) is 65.6 Å². The van der Waals surface area contributed by atoms with Crippen LogP contribution in [0.1, 0.15) is 18.4 Å². The van der Waals surface area contributed by atoms with Gasteiger partial charge in [-0.2, -0.15) is 0 Å². The van der Waals surface area contributed by atoms with E-state index >= 15 is 0 Å². The lowest BCUT2D eigenvalue weighted by atomic mass is 10.1. The third-order valence-electron chi connectivity index (χ3n) is 3.97. The Morgan fingerprint density at radius 2 is 1.73 bits per heavy atom. The Bertz CT molecular complexity index is 597. The maximum atomic E-state index is 12.4. The standard InChI is InChI=1S/C19H21NO2/c21-19(14-16-8-3-1-4-9-16)20-13-7-12-18(15-20)22-17-10-5-2-6-11-17/h1-6,8-11,18H,7,12-15H2. The molecule has 114 valence electrons. The van der Waals surface area contributed by atoms with Gasteiger partial charge in [0, 0.05) is 6.54 Å². The molecule has 1 unspecified atom stereocenters. The number of benzene rings is 2. The van der Waals surface area contributed by atoms with Crippen molar-refractivity contribution in [1.82, 2.24) is 4.90 Å². The molecule has 0 spiro atoms. The molecule has 0 saturated carbocycles. The van der Waals surface area contributed by atoms with Crippen molar-refractivity contribution in [3.05, 3.63) is 66.2 Å². The topological polar surface area (TPSA) is 29.5 Å². The summed E-state index contributed by atoms with van der Waals surface area (Å²) in [6.07, 6.45) is 2.57. The number of hydrogen-bond acceptors (Lipinski definition) is 2. The van der Waals surface area contributed by atoms with Crippen LogP contribution in [0.3, 0.4) is 0 Å². The van der Waals surface area contributed by atoms with Crippen LogP contribution in [0.4, 0.5) is 0 Å². The van der Waals surface area contributed by atoms with Crippen molar-refractivity contribution in [1.29, 1.82) is 0 Å². The molecule has 1 aliphatic rings. The van der Waals surface area contributed by atoms with Crippen molar-refractivity contribution >= 4 is 5.91 Å². The van der Waals surface area contributed by atoms with E-state index in [0.29, 0.717) is 13.0 Å². The van der Waals surface area contributed by atoms with Gasteiger partial charge in [-0.15, -0.1) is 0 Å². The number of nitrogens with zero attached hydrogens (tertiary/aromatic N) is 1. The molecule has 2 aromatic carbocycles. The van der Waals surface area contributed by atoms with E-state index in [9.17, 15) is 4.79 Å². The average Bonchev–Trinajstić information content (AvgIpc) is 2.57. The quantitative estimate of drug-likeness (QED) is 0.866. The number of hydrogen-bond donors (Lipinski definition) is 0. The fraction of sp³-hybridized carbons (Fsp3) is 0.316. The molecule has 22 heavy (non-hydrogen) atoms. The van der Waals surface area contributed by atoms with Crippen molar-refractivity contribution in [2.24, 2.45) is 0 Å². The van der Waals surface area contributed by atoms with Crippen LogP contribution in [0.15, 0.2) is 60.7 Å². The van der Waals surface area contributed by atoms with Crippen molar-refractivity contribution in [3.8, 4) is 5.75 Å². The Balaban J connectivity index is 1.57. The highest BCUT2D eigenvalue weighted by Gasteiger charge is 2.24. The van der Waals surface area contributed by atoms with E-state index in [-0.39, 0.29) is 12.0 Å². The summed E-state index contributed by atoms with van der Waals surface area (Å²) in [4.78, 5) is 14.4. The lowest BCUT2D eigenvalue weighted by Gasteiger charge is -2.33. The van der Waals surface area contributed by atoms with Gasteiger partial charge in [-0.1, -0.05) is 48.5 Å². The summed E-state index contributed by atoms with van der Waals surface area (Å²) < 4.78 is 5.99. The van der Waals surface area contributed by atoms with Gasteiger partial charge in [-0.25, -0.2) is 0 Å². The highest BCUT2D eigenvalue weighted by atomic mass is 16.5. The fourth-order valence-electron chi connectivity index (χ4n) is 2.83. The molecule has 1 atom stereocenters. The number of carbonyl (C=O) groups excluding carboxylic acids is 1. The molecule has 0 aromatic heterocycles. The minimum Gasteiger partial charge on any atom is -0.489 e. The zero-order valence-electron chi connectivity index (χ0n) is 12.7. The molecule has 0 radical (unpaired) electrons. The molecule has 1 saturated heterocycles. The van der Waals surface area contributed by atoms with Crippen LogP contribution < -0.4 is 4.74 Å². The number of carbonyl (C=O) groups is 1. The average molecular weight is 295 g/mol. The molecule has 3 heteroatoms. The Kier molecular flexibility index (Phi) is 4.74. The third kappa shape index (κ3) is 3.88. The molecular formula is C19H21NO2. The highest BCUT2D eigenvalue weighted by Crippen LogP contribution is 2.18. The monoisotopic (exact) mass is 295 g/mol. The minimum absolute atomic E-state index is 0.0934. The van der Waals surface area contributed by atoms with Gasteiger partial charge >= 0.3 is 0 Å². The molecule has 1 heterocycles. The molecular weight excluding hydrogens is 274 g/mol. The van der Waals surface area contributed by atoms with Gasteiger partial charge in [0.05, 0.1) is 13.0 Å². The smallest absolute Gasteiger partial charge is 0.227 e. The zero-order valence-corrected chi connectivity index (χ0v) is 12.7. The van der Waals surface area contributed by atoms with Crippen LogP contribution in [-0.2, 0) is 11.2 Å². The predicted octanol–water partition coefficient (Wildman–Crippen LogP) is 3.30. The minimum atomic E-state index is 0.0934. The number of ether oxygens (including phenoxy) is 1. The van der Waals surface area contributed by atoms with Gasteiger partial charge < -0.3 is 9.64 Å². The number of amides is 1. The van der Waals surface area contributed by atoms with Crippen molar-refractivity contribution < 1.29 is 9.53 Å². The highest BCUT2D eigenvalue weighted by molar-refractivity contribution is 5.78. The second-order valence-corrected chi connectivity index (χ2v) is 5.70. The summed E-state index contributed by atoms with van der Waals surface area (Å²) in [6, 6.07) is 19.8. The SMILES string of the molecule is O=C(Cc1ccccc1)N1CCCC(Oc2ccccc2)C1. The second-order valence-electron chi connectivity index (χ2n) is 5.70. The zero-order chi connectivity index (χ0) is 15.2. The van der Waals surface area contributed by atoms with Crippen LogP contribution in [0.2, 0.25) is 0 Å². The summed E-state index contributed by atoms with van der Waals surface area (Å²) in [5, 5.41) is 0. The van der Waals surface area contributed by atoms with Gasteiger partial charge in [0.1, 0.15) is 11.9 Å². The first kappa shape index (κ1) is 14.6. The molecule has 0 N–H and O–H groups in total. The van der Waals surface area contributed by atoms with E-state index in [4.69, 9.17) is 4.74 Å². The first-order valence-corrected chi connectivity index (χ1v) is 7.84. The van der Waals surface area contributed by atoms with Crippen LogP contribution in [0.25, 0.3) is 0 Å². The van der Waals surface area contributed by atoms with E-state index < -0.39 is 0 Å². The molecule has 0 aliphatic carbocycles. The largest absolute Gasteiger partial charge is 0.489 e. The summed E-state index contributed by atoms with van der Waals surface area (Å²) in [7, 11) is 0. The van der Waals surface area contributed by atoms with Gasteiger partial charge in [-0.3, -0.25) is 4.79 Å². The summed E-state index contributed by atoms with van der Waals surface area (Å²) in [5.41, 5.74) is 1.07. The van der Waals surface area contributed by atoms with Crippen molar-refractivity contribution in [2.45, 2.75) is 25.4 Å². The molecule has 0 bridgehead atoms. The normalized spacial score (nSPS) is 18.0. The van der Waals surface area contributed by atoms with Crippen LogP contribution in [-0.4, -0.2) is 30.0 Å². The van der Waals surface area contributed by atoms with E-state index in [1.165, 1.54) is 0 Å². The summed E-state index contributed by atoms with van der Waals surface area (Å²) >= 11 is 0. The Morgan fingerprint density at radius 1 is 1.05 bits per heavy atom. The first-order valence-electron chi connectivity index (χ1n) is 7.84. The second kappa shape index (κ2) is 7.12. The van der Waals surface area contributed by atoms with Crippen molar-refractivity contribution in [3.63, 3.8) is 0 Å².